The summed E-state index contributed by atoms with van der Waals surface area (Å²) in [4.78, 5) is 18.8. The summed E-state index contributed by atoms with van der Waals surface area (Å²) in [6.45, 7) is 8.51. The molecule has 0 fully saturated rings. The number of fused-ring (bicyclic) bond motifs is 1. The van der Waals surface area contributed by atoms with Crippen LogP contribution in [0.1, 0.15) is 26.6 Å². The summed E-state index contributed by atoms with van der Waals surface area (Å²) in [5.74, 6) is 0.373. The predicted molar refractivity (Wildman–Crippen MR) is 108 cm³/mol. The van der Waals surface area contributed by atoms with Crippen molar-refractivity contribution in [1.82, 2.24) is 18.8 Å². The Morgan fingerprint density at radius 1 is 1.29 bits per heavy atom. The second-order valence-corrected chi connectivity index (χ2v) is 9.11. The van der Waals surface area contributed by atoms with E-state index < -0.39 is 10.0 Å². The van der Waals surface area contributed by atoms with Gasteiger partial charge in [0.15, 0.2) is 0 Å². The number of esters is 1. The van der Waals surface area contributed by atoms with Crippen molar-refractivity contribution in [2.24, 2.45) is 5.92 Å². The fraction of sp³-hybridized carbons (Fsp3) is 0.579. The number of benzene rings is 1. The van der Waals surface area contributed by atoms with Crippen LogP contribution >= 0.6 is 0 Å². The molecule has 0 amide bonds. The van der Waals surface area contributed by atoms with Gasteiger partial charge in [-0.2, -0.15) is 0 Å². The van der Waals surface area contributed by atoms with E-state index >= 15 is 0 Å². The van der Waals surface area contributed by atoms with E-state index in [0.29, 0.717) is 18.6 Å². The fourth-order valence-corrected chi connectivity index (χ4v) is 4.09. The van der Waals surface area contributed by atoms with E-state index in [0.717, 1.165) is 24.4 Å². The van der Waals surface area contributed by atoms with Crippen LogP contribution in [0.2, 0.25) is 0 Å². The molecule has 0 N–H and O–H groups in total. The molecule has 1 atom stereocenters. The van der Waals surface area contributed by atoms with Gasteiger partial charge in [-0.25, -0.2) is 17.7 Å². The molecule has 2 rings (SSSR count). The number of sulfonamides is 1. The van der Waals surface area contributed by atoms with Crippen LogP contribution in [0.3, 0.4) is 0 Å². The van der Waals surface area contributed by atoms with Gasteiger partial charge in [0.2, 0.25) is 10.0 Å². The number of carbonyl (C=O) groups excluding carboxylic acids is 1. The molecule has 0 aliphatic carbocycles. The van der Waals surface area contributed by atoms with Gasteiger partial charge in [-0.05, 0) is 31.7 Å². The van der Waals surface area contributed by atoms with Crippen molar-refractivity contribution in [1.29, 1.82) is 0 Å². The summed E-state index contributed by atoms with van der Waals surface area (Å²) in [5, 5.41) is 0. The Bertz CT molecular complexity index is 937. The molecule has 1 aromatic carbocycles. The van der Waals surface area contributed by atoms with Crippen LogP contribution in [-0.4, -0.2) is 67.4 Å². The molecular weight excluding hydrogens is 380 g/mol. The maximum Gasteiger partial charge on any atom is 0.309 e. The van der Waals surface area contributed by atoms with Gasteiger partial charge in [-0.1, -0.05) is 13.8 Å². The normalized spacial score (nSPS) is 13.4. The number of aryl methyl sites for hydroxylation is 1. The van der Waals surface area contributed by atoms with Gasteiger partial charge in [0.1, 0.15) is 5.82 Å². The first-order valence-electron chi connectivity index (χ1n) is 9.37. The molecule has 9 heteroatoms. The van der Waals surface area contributed by atoms with E-state index in [-0.39, 0.29) is 16.8 Å². The Morgan fingerprint density at radius 3 is 2.50 bits per heavy atom. The fourth-order valence-electron chi connectivity index (χ4n) is 3.17. The summed E-state index contributed by atoms with van der Waals surface area (Å²) in [6.07, 6.45) is 0. The highest BCUT2D eigenvalue weighted by atomic mass is 32.2. The van der Waals surface area contributed by atoms with E-state index in [2.05, 4.69) is 9.47 Å². The summed E-state index contributed by atoms with van der Waals surface area (Å²) < 4.78 is 32.9. The molecule has 156 valence electrons. The second-order valence-electron chi connectivity index (χ2n) is 6.96. The topological polar surface area (TPSA) is 84.7 Å². The van der Waals surface area contributed by atoms with Gasteiger partial charge in [-0.3, -0.25) is 9.69 Å². The van der Waals surface area contributed by atoms with Crippen LogP contribution in [0.5, 0.6) is 0 Å². The molecule has 1 heterocycles. The second kappa shape index (κ2) is 9.02. The zero-order valence-corrected chi connectivity index (χ0v) is 18.3. The van der Waals surface area contributed by atoms with Gasteiger partial charge < -0.3 is 9.30 Å². The number of rotatable bonds is 9. The maximum absolute atomic E-state index is 12.4. The van der Waals surface area contributed by atoms with E-state index in [9.17, 15) is 13.2 Å². The first kappa shape index (κ1) is 22.3. The minimum Gasteiger partial charge on any atom is -0.469 e. The number of carbonyl (C=O) groups is 1. The van der Waals surface area contributed by atoms with E-state index in [1.807, 2.05) is 20.8 Å². The molecule has 2 aromatic rings. The third-order valence-electron chi connectivity index (χ3n) is 4.84. The molecule has 1 aromatic heterocycles. The molecular formula is C19H30N4O4S. The summed E-state index contributed by atoms with van der Waals surface area (Å²) in [5.41, 5.74) is 1.55. The summed E-state index contributed by atoms with van der Waals surface area (Å²) >= 11 is 0. The number of aromatic nitrogens is 2. The minimum atomic E-state index is -3.51. The van der Waals surface area contributed by atoms with Gasteiger partial charge in [0.25, 0.3) is 0 Å². The van der Waals surface area contributed by atoms with Crippen LogP contribution in [0.4, 0.5) is 0 Å². The predicted octanol–water partition coefficient (Wildman–Crippen LogP) is 1.94. The average Bonchev–Trinajstić information content (AvgIpc) is 3.02. The third kappa shape index (κ3) is 4.53. The van der Waals surface area contributed by atoms with E-state index in [4.69, 9.17) is 9.72 Å². The van der Waals surface area contributed by atoms with Crippen LogP contribution in [0, 0.1) is 5.92 Å². The summed E-state index contributed by atoms with van der Waals surface area (Å²) in [7, 11) is 0.904. The SMILES string of the molecule is CCN(Cc1nc2cc(S(=O)(=O)N(C)C)ccc2n1CC)CC(C)C(=O)OC. The van der Waals surface area contributed by atoms with Gasteiger partial charge in [0.05, 0.1) is 35.5 Å². The van der Waals surface area contributed by atoms with Crippen molar-refractivity contribution in [3.63, 3.8) is 0 Å². The van der Waals surface area contributed by atoms with Crippen molar-refractivity contribution >= 4 is 27.0 Å². The lowest BCUT2D eigenvalue weighted by Gasteiger charge is -2.23. The molecule has 0 saturated carbocycles. The highest BCUT2D eigenvalue weighted by molar-refractivity contribution is 7.89. The van der Waals surface area contributed by atoms with Crippen LogP contribution < -0.4 is 0 Å². The minimum absolute atomic E-state index is 0.226. The van der Waals surface area contributed by atoms with E-state index in [1.165, 1.54) is 25.5 Å². The molecule has 1 unspecified atom stereocenters. The third-order valence-corrected chi connectivity index (χ3v) is 6.65. The number of hydrogen-bond donors (Lipinski definition) is 0. The zero-order valence-electron chi connectivity index (χ0n) is 17.5. The first-order valence-corrected chi connectivity index (χ1v) is 10.8. The maximum atomic E-state index is 12.4. The molecule has 0 spiro atoms. The van der Waals surface area contributed by atoms with Gasteiger partial charge >= 0.3 is 5.97 Å². The van der Waals surface area contributed by atoms with E-state index in [1.54, 1.807) is 18.2 Å². The van der Waals surface area contributed by atoms with Crippen molar-refractivity contribution in [3.05, 3.63) is 24.0 Å². The van der Waals surface area contributed by atoms with Crippen molar-refractivity contribution < 1.29 is 17.9 Å². The first-order chi connectivity index (χ1) is 13.1. The Hall–Kier alpha value is -1.97. The quantitative estimate of drug-likeness (QED) is 0.588. The monoisotopic (exact) mass is 410 g/mol. The standard InChI is InChI=1S/C19H30N4O4S/c1-7-22(12-14(3)19(24)27-6)13-18-20-16-11-15(28(25,26)21(4)5)9-10-17(16)23(18)8-2/h9-11,14H,7-8,12-13H2,1-6H3. The van der Waals surface area contributed by atoms with Gasteiger partial charge in [0, 0.05) is 27.2 Å². The largest absolute Gasteiger partial charge is 0.469 e. The molecule has 0 aliphatic heterocycles. The Kier molecular flexibility index (Phi) is 7.19. The number of methoxy groups -OCH3 is 1. The molecule has 8 nitrogen and oxygen atoms in total. The molecule has 0 bridgehead atoms. The Labute approximate surface area is 167 Å². The number of ether oxygens (including phenoxy) is 1. The molecule has 0 aliphatic rings. The number of imidazole rings is 1. The van der Waals surface area contributed by atoms with Crippen molar-refractivity contribution in [3.8, 4) is 0 Å². The number of nitrogens with zero attached hydrogens (tertiary/aromatic N) is 4. The van der Waals surface area contributed by atoms with Crippen LogP contribution in [0.15, 0.2) is 23.1 Å². The highest BCUT2D eigenvalue weighted by Crippen LogP contribution is 2.23. The molecule has 0 radical (unpaired) electrons. The molecule has 0 saturated heterocycles. The lowest BCUT2D eigenvalue weighted by molar-refractivity contribution is -0.145. The average molecular weight is 411 g/mol. The van der Waals surface area contributed by atoms with Crippen molar-refractivity contribution in [2.75, 3.05) is 34.3 Å². The zero-order chi connectivity index (χ0) is 21.1. The molecule has 28 heavy (non-hydrogen) atoms. The summed E-state index contributed by atoms with van der Waals surface area (Å²) in [6, 6.07) is 5.04. The lowest BCUT2D eigenvalue weighted by Crippen LogP contribution is -2.32. The highest BCUT2D eigenvalue weighted by Gasteiger charge is 2.21. The Morgan fingerprint density at radius 2 is 1.96 bits per heavy atom. The smallest absolute Gasteiger partial charge is 0.309 e. The lowest BCUT2D eigenvalue weighted by atomic mass is 10.1. The van der Waals surface area contributed by atoms with Crippen LogP contribution in [-0.2, 0) is 32.6 Å². The van der Waals surface area contributed by atoms with Crippen molar-refractivity contribution in [2.45, 2.75) is 38.8 Å². The van der Waals surface area contributed by atoms with Gasteiger partial charge in [-0.15, -0.1) is 0 Å². The van der Waals surface area contributed by atoms with Crippen LogP contribution in [0.25, 0.3) is 11.0 Å². The Balaban J connectivity index is 2.37. The number of hydrogen-bond acceptors (Lipinski definition) is 6.